The summed E-state index contributed by atoms with van der Waals surface area (Å²) in [6.07, 6.45) is 0.693. The molecule has 1 N–H and O–H groups in total. The SMILES string of the molecule is CCC(NC(=O)Cn1nc(-c2ccccc2)ccc1=O)c1ccccc1OC. The highest BCUT2D eigenvalue weighted by Gasteiger charge is 2.17. The fourth-order valence-corrected chi connectivity index (χ4v) is 3.06. The zero-order valence-electron chi connectivity index (χ0n) is 16.0. The standard InChI is InChI=1S/C22H23N3O3/c1-3-18(17-11-7-8-12-20(17)28-2)23-21(26)15-25-22(27)14-13-19(24-25)16-9-5-4-6-10-16/h4-14,18H,3,15H2,1-2H3,(H,23,26). The van der Waals surface area contributed by atoms with Gasteiger partial charge in [-0.2, -0.15) is 5.10 Å². The van der Waals surface area contributed by atoms with Crippen molar-refractivity contribution in [2.24, 2.45) is 0 Å². The number of hydrogen-bond acceptors (Lipinski definition) is 4. The molecular weight excluding hydrogens is 354 g/mol. The van der Waals surface area contributed by atoms with Crippen molar-refractivity contribution in [3.8, 4) is 17.0 Å². The van der Waals surface area contributed by atoms with Crippen LogP contribution in [0.5, 0.6) is 5.75 Å². The molecule has 3 rings (SSSR count). The highest BCUT2D eigenvalue weighted by molar-refractivity contribution is 5.76. The Morgan fingerprint density at radius 1 is 1.07 bits per heavy atom. The fraction of sp³-hybridized carbons (Fsp3) is 0.227. The molecule has 0 spiro atoms. The van der Waals surface area contributed by atoms with Gasteiger partial charge in [0.1, 0.15) is 12.3 Å². The Morgan fingerprint density at radius 2 is 1.79 bits per heavy atom. The number of carbonyl (C=O) groups is 1. The summed E-state index contributed by atoms with van der Waals surface area (Å²) in [5, 5.41) is 7.31. The van der Waals surface area contributed by atoms with E-state index in [9.17, 15) is 9.59 Å². The monoisotopic (exact) mass is 377 g/mol. The van der Waals surface area contributed by atoms with Crippen molar-refractivity contribution in [1.82, 2.24) is 15.1 Å². The van der Waals surface area contributed by atoms with E-state index in [0.29, 0.717) is 12.1 Å². The first kappa shape index (κ1) is 19.4. The third-order valence-corrected chi connectivity index (χ3v) is 4.49. The van der Waals surface area contributed by atoms with Gasteiger partial charge in [0.05, 0.1) is 18.8 Å². The zero-order valence-corrected chi connectivity index (χ0v) is 16.0. The van der Waals surface area contributed by atoms with E-state index in [4.69, 9.17) is 4.74 Å². The molecule has 1 unspecified atom stereocenters. The van der Waals surface area contributed by atoms with E-state index < -0.39 is 0 Å². The van der Waals surface area contributed by atoms with Crippen LogP contribution in [0, 0.1) is 0 Å². The van der Waals surface area contributed by atoms with Crippen LogP contribution in [-0.2, 0) is 11.3 Å². The molecule has 0 saturated heterocycles. The number of benzene rings is 2. The molecule has 1 atom stereocenters. The van der Waals surface area contributed by atoms with Crippen LogP contribution in [0.1, 0.15) is 24.9 Å². The predicted octanol–water partition coefficient (Wildman–Crippen LogP) is 3.19. The molecule has 0 aliphatic rings. The average molecular weight is 377 g/mol. The van der Waals surface area contributed by atoms with Crippen LogP contribution in [0.25, 0.3) is 11.3 Å². The molecular formula is C22H23N3O3. The molecule has 28 heavy (non-hydrogen) atoms. The fourth-order valence-electron chi connectivity index (χ4n) is 3.06. The first-order valence-corrected chi connectivity index (χ1v) is 9.18. The van der Waals surface area contributed by atoms with Gasteiger partial charge in [0.2, 0.25) is 5.91 Å². The van der Waals surface area contributed by atoms with Crippen LogP contribution in [0.3, 0.4) is 0 Å². The van der Waals surface area contributed by atoms with Gasteiger partial charge < -0.3 is 10.1 Å². The van der Waals surface area contributed by atoms with Gasteiger partial charge >= 0.3 is 0 Å². The normalized spacial score (nSPS) is 11.6. The molecule has 1 amide bonds. The summed E-state index contributed by atoms with van der Waals surface area (Å²) < 4.78 is 6.58. The van der Waals surface area contributed by atoms with Crippen LogP contribution in [0.15, 0.2) is 71.5 Å². The Bertz CT molecular complexity index is 999. The third kappa shape index (κ3) is 4.46. The minimum Gasteiger partial charge on any atom is -0.496 e. The summed E-state index contributed by atoms with van der Waals surface area (Å²) >= 11 is 0. The number of nitrogens with one attached hydrogen (secondary N) is 1. The lowest BCUT2D eigenvalue weighted by Gasteiger charge is -2.20. The second-order valence-corrected chi connectivity index (χ2v) is 6.35. The largest absolute Gasteiger partial charge is 0.496 e. The lowest BCUT2D eigenvalue weighted by molar-refractivity contribution is -0.122. The van der Waals surface area contributed by atoms with Crippen molar-refractivity contribution >= 4 is 5.91 Å². The van der Waals surface area contributed by atoms with Gasteiger partial charge in [-0.05, 0) is 18.6 Å². The highest BCUT2D eigenvalue weighted by Crippen LogP contribution is 2.26. The number of nitrogens with zero attached hydrogens (tertiary/aromatic N) is 2. The van der Waals surface area contributed by atoms with E-state index in [-0.39, 0.29) is 24.1 Å². The summed E-state index contributed by atoms with van der Waals surface area (Å²) in [5.41, 5.74) is 2.11. The lowest BCUT2D eigenvalue weighted by Crippen LogP contribution is -2.35. The maximum absolute atomic E-state index is 12.6. The average Bonchev–Trinajstić information content (AvgIpc) is 2.74. The second-order valence-electron chi connectivity index (χ2n) is 6.35. The van der Waals surface area contributed by atoms with Gasteiger partial charge in [0.15, 0.2) is 0 Å². The number of rotatable bonds is 7. The number of amides is 1. The Morgan fingerprint density at radius 3 is 2.50 bits per heavy atom. The summed E-state index contributed by atoms with van der Waals surface area (Å²) in [5.74, 6) is 0.439. The Hall–Kier alpha value is -3.41. The van der Waals surface area contributed by atoms with E-state index in [2.05, 4.69) is 10.4 Å². The summed E-state index contributed by atoms with van der Waals surface area (Å²) in [6, 6.07) is 20.0. The topological polar surface area (TPSA) is 73.2 Å². The van der Waals surface area contributed by atoms with E-state index in [1.807, 2.05) is 61.5 Å². The number of aromatic nitrogens is 2. The smallest absolute Gasteiger partial charge is 0.267 e. The van der Waals surface area contributed by atoms with Gasteiger partial charge in [-0.1, -0.05) is 55.5 Å². The molecule has 6 nitrogen and oxygen atoms in total. The Kier molecular flexibility index (Phi) is 6.22. The van der Waals surface area contributed by atoms with Gasteiger partial charge in [-0.15, -0.1) is 0 Å². The molecule has 0 radical (unpaired) electrons. The first-order chi connectivity index (χ1) is 13.6. The molecule has 0 saturated carbocycles. The van der Waals surface area contributed by atoms with Crippen molar-refractivity contribution in [3.05, 3.63) is 82.6 Å². The highest BCUT2D eigenvalue weighted by atomic mass is 16.5. The van der Waals surface area contributed by atoms with Crippen molar-refractivity contribution in [3.63, 3.8) is 0 Å². The second kappa shape index (κ2) is 8.99. The van der Waals surface area contributed by atoms with E-state index in [0.717, 1.165) is 16.9 Å². The van der Waals surface area contributed by atoms with Crippen LogP contribution < -0.4 is 15.6 Å². The van der Waals surface area contributed by atoms with Crippen LogP contribution in [0.4, 0.5) is 0 Å². The minimum absolute atomic E-state index is 0.148. The number of methoxy groups -OCH3 is 1. The quantitative estimate of drug-likeness (QED) is 0.686. The molecule has 0 aliphatic heterocycles. The van der Waals surface area contributed by atoms with E-state index >= 15 is 0 Å². The predicted molar refractivity (Wildman–Crippen MR) is 108 cm³/mol. The number of para-hydroxylation sites is 1. The van der Waals surface area contributed by atoms with Crippen molar-refractivity contribution in [2.45, 2.75) is 25.9 Å². The molecule has 0 fully saturated rings. The van der Waals surface area contributed by atoms with Gasteiger partial charge in [-0.3, -0.25) is 9.59 Å². The lowest BCUT2D eigenvalue weighted by atomic mass is 10.0. The molecule has 0 aliphatic carbocycles. The van der Waals surface area contributed by atoms with Crippen molar-refractivity contribution in [2.75, 3.05) is 7.11 Å². The van der Waals surface area contributed by atoms with Crippen LogP contribution >= 0.6 is 0 Å². The van der Waals surface area contributed by atoms with E-state index in [1.54, 1.807) is 13.2 Å². The Labute approximate surface area is 163 Å². The van der Waals surface area contributed by atoms with Gasteiger partial charge in [0.25, 0.3) is 5.56 Å². The summed E-state index contributed by atoms with van der Waals surface area (Å²) in [6.45, 7) is 1.84. The minimum atomic E-state index is -0.319. The third-order valence-electron chi connectivity index (χ3n) is 4.49. The number of hydrogen-bond donors (Lipinski definition) is 1. The summed E-state index contributed by atoms with van der Waals surface area (Å²) in [4.78, 5) is 24.8. The zero-order chi connectivity index (χ0) is 19.9. The molecule has 1 aromatic heterocycles. The number of ether oxygens (including phenoxy) is 1. The van der Waals surface area contributed by atoms with Gasteiger partial charge in [0, 0.05) is 17.2 Å². The maximum atomic E-state index is 12.6. The molecule has 6 heteroatoms. The summed E-state index contributed by atoms with van der Waals surface area (Å²) in [7, 11) is 1.60. The molecule has 1 heterocycles. The maximum Gasteiger partial charge on any atom is 0.267 e. The molecule has 3 aromatic rings. The van der Waals surface area contributed by atoms with Crippen LogP contribution in [0.2, 0.25) is 0 Å². The molecule has 144 valence electrons. The Balaban J connectivity index is 1.78. The van der Waals surface area contributed by atoms with Crippen LogP contribution in [-0.4, -0.2) is 22.8 Å². The van der Waals surface area contributed by atoms with Crippen molar-refractivity contribution in [1.29, 1.82) is 0 Å². The molecule has 0 bridgehead atoms. The first-order valence-electron chi connectivity index (χ1n) is 9.18. The van der Waals surface area contributed by atoms with E-state index in [1.165, 1.54) is 10.7 Å². The molecule has 2 aromatic carbocycles. The van der Waals surface area contributed by atoms with Crippen molar-refractivity contribution < 1.29 is 9.53 Å². The number of carbonyl (C=O) groups excluding carboxylic acids is 1. The van der Waals surface area contributed by atoms with Gasteiger partial charge in [-0.25, -0.2) is 4.68 Å².